The Morgan fingerprint density at radius 1 is 1.17 bits per heavy atom. The quantitative estimate of drug-likeness (QED) is 0.591. The molecule has 0 radical (unpaired) electrons. The van der Waals surface area contributed by atoms with Crippen molar-refractivity contribution >= 4 is 43.7 Å². The van der Waals surface area contributed by atoms with Gasteiger partial charge in [0.25, 0.3) is 0 Å². The van der Waals surface area contributed by atoms with Crippen molar-refractivity contribution in [1.29, 1.82) is 0 Å². The fourth-order valence-electron chi connectivity index (χ4n) is 3.88. The van der Waals surface area contributed by atoms with Gasteiger partial charge in [0.15, 0.2) is 0 Å². The minimum atomic E-state index is -0.582. The molecule has 1 fully saturated rings. The molecular formula is C20H16Br2O2. The lowest BCUT2D eigenvalue weighted by molar-refractivity contribution is -0.129. The molecule has 24 heavy (non-hydrogen) atoms. The molecule has 1 heterocycles. The molecule has 4 atom stereocenters. The van der Waals surface area contributed by atoms with Gasteiger partial charge >= 0.3 is 0 Å². The summed E-state index contributed by atoms with van der Waals surface area (Å²) in [4.78, 5) is 11.9. The number of hydrogen-bond donors (Lipinski definition) is 0. The number of aldehydes is 1. The Balaban J connectivity index is 1.71. The second-order valence-electron chi connectivity index (χ2n) is 6.47. The highest BCUT2D eigenvalue weighted by Crippen LogP contribution is 2.49. The molecule has 4 heteroatoms. The maximum absolute atomic E-state index is 11.9. The number of rotatable bonds is 2. The number of allylic oxidation sites excluding steroid dienone is 5. The number of benzene rings is 1. The molecule has 3 aliphatic rings. The van der Waals surface area contributed by atoms with Gasteiger partial charge in [-0.25, -0.2) is 0 Å². The summed E-state index contributed by atoms with van der Waals surface area (Å²) >= 11 is 6.98. The highest BCUT2D eigenvalue weighted by atomic mass is 79.9. The second-order valence-corrected chi connectivity index (χ2v) is 8.30. The van der Waals surface area contributed by atoms with Gasteiger partial charge in [0.1, 0.15) is 6.29 Å². The molecule has 0 N–H and O–H groups in total. The first-order chi connectivity index (χ1) is 11.6. The Morgan fingerprint density at radius 2 is 1.96 bits per heavy atom. The van der Waals surface area contributed by atoms with Gasteiger partial charge in [0, 0.05) is 20.8 Å². The van der Waals surface area contributed by atoms with Crippen LogP contribution in [0.4, 0.5) is 0 Å². The molecule has 1 aromatic carbocycles. The largest absolute Gasteiger partial charge is 0.371 e. The van der Waals surface area contributed by atoms with Crippen LogP contribution in [0, 0.1) is 17.3 Å². The number of hydrogen-bond acceptors (Lipinski definition) is 2. The van der Waals surface area contributed by atoms with Crippen LogP contribution in [0.2, 0.25) is 0 Å². The van der Waals surface area contributed by atoms with Gasteiger partial charge < -0.3 is 9.53 Å². The molecule has 2 nitrogen and oxygen atoms in total. The van der Waals surface area contributed by atoms with Crippen LogP contribution in [0.1, 0.15) is 5.56 Å². The molecule has 0 aromatic heterocycles. The average Bonchev–Trinajstić information content (AvgIpc) is 2.61. The standard InChI is InChI=1S/C20H16Br2O2/c21-14-6-4-13(5-7-14)16-2-1-3-17-18-9-8-15(22)10-20(18,11-23)12-24-19(16)17/h1-11,17-19H,12H2. The van der Waals surface area contributed by atoms with Gasteiger partial charge in [-0.3, -0.25) is 0 Å². The van der Waals surface area contributed by atoms with E-state index in [2.05, 4.69) is 68.3 Å². The first-order valence-corrected chi connectivity index (χ1v) is 9.50. The minimum Gasteiger partial charge on any atom is -0.371 e. The zero-order valence-electron chi connectivity index (χ0n) is 12.9. The van der Waals surface area contributed by atoms with E-state index in [4.69, 9.17) is 4.74 Å². The summed E-state index contributed by atoms with van der Waals surface area (Å²) in [6.45, 7) is 0.406. The van der Waals surface area contributed by atoms with Crippen molar-refractivity contribution < 1.29 is 9.53 Å². The zero-order chi connectivity index (χ0) is 16.7. The molecule has 0 saturated carbocycles. The maximum Gasteiger partial charge on any atom is 0.132 e. The Kier molecular flexibility index (Phi) is 4.23. The topological polar surface area (TPSA) is 26.3 Å². The number of carbonyl (C=O) groups excluding carboxylic acids is 1. The van der Waals surface area contributed by atoms with E-state index < -0.39 is 5.41 Å². The van der Waals surface area contributed by atoms with Gasteiger partial charge in [-0.15, -0.1) is 0 Å². The average molecular weight is 448 g/mol. The molecule has 4 unspecified atom stereocenters. The summed E-state index contributed by atoms with van der Waals surface area (Å²) in [5.41, 5.74) is 1.76. The van der Waals surface area contributed by atoms with Crippen LogP contribution in [0.25, 0.3) is 5.57 Å². The summed E-state index contributed by atoms with van der Waals surface area (Å²) in [5.74, 6) is 0.270. The number of ether oxygens (including phenoxy) is 1. The summed E-state index contributed by atoms with van der Waals surface area (Å²) in [7, 11) is 0. The van der Waals surface area contributed by atoms with E-state index in [1.807, 2.05) is 24.3 Å². The van der Waals surface area contributed by atoms with E-state index in [0.29, 0.717) is 6.61 Å². The van der Waals surface area contributed by atoms with E-state index >= 15 is 0 Å². The van der Waals surface area contributed by atoms with Crippen molar-refractivity contribution in [3.63, 3.8) is 0 Å². The molecule has 1 saturated heterocycles. The fraction of sp³-hybridized carbons (Fsp3) is 0.250. The van der Waals surface area contributed by atoms with E-state index in [9.17, 15) is 4.79 Å². The van der Waals surface area contributed by atoms with Crippen LogP contribution < -0.4 is 0 Å². The molecular weight excluding hydrogens is 432 g/mol. The van der Waals surface area contributed by atoms with Crippen LogP contribution in [0.5, 0.6) is 0 Å². The van der Waals surface area contributed by atoms with Crippen LogP contribution in [-0.4, -0.2) is 19.0 Å². The lowest BCUT2D eigenvalue weighted by Crippen LogP contribution is -2.50. The van der Waals surface area contributed by atoms with Gasteiger partial charge in [-0.05, 0) is 23.3 Å². The van der Waals surface area contributed by atoms with Crippen molar-refractivity contribution in [2.45, 2.75) is 6.10 Å². The highest BCUT2D eigenvalue weighted by Gasteiger charge is 2.49. The van der Waals surface area contributed by atoms with Crippen LogP contribution >= 0.6 is 31.9 Å². The first-order valence-electron chi connectivity index (χ1n) is 7.92. The van der Waals surface area contributed by atoms with Crippen LogP contribution in [0.15, 0.2) is 69.7 Å². The predicted octanol–water partition coefficient (Wildman–Crippen LogP) is 5.07. The first kappa shape index (κ1) is 16.2. The van der Waals surface area contributed by atoms with E-state index in [1.54, 1.807) is 0 Å². The summed E-state index contributed by atoms with van der Waals surface area (Å²) < 4.78 is 8.23. The smallest absolute Gasteiger partial charge is 0.132 e. The van der Waals surface area contributed by atoms with Gasteiger partial charge in [-0.2, -0.15) is 0 Å². The fourth-order valence-corrected chi connectivity index (χ4v) is 4.73. The summed E-state index contributed by atoms with van der Waals surface area (Å²) in [5, 5.41) is 0. The number of carbonyl (C=O) groups is 1. The number of halogens is 2. The molecule has 0 spiro atoms. The monoisotopic (exact) mass is 446 g/mol. The second kappa shape index (κ2) is 6.25. The number of fused-ring (bicyclic) bond motifs is 3. The van der Waals surface area contributed by atoms with E-state index in [1.165, 1.54) is 5.57 Å². The third kappa shape index (κ3) is 2.61. The van der Waals surface area contributed by atoms with Crippen LogP contribution in [0.3, 0.4) is 0 Å². The molecule has 0 bridgehead atoms. The third-order valence-corrected chi connectivity index (χ3v) is 6.10. The Bertz CT molecular complexity index is 788. The summed E-state index contributed by atoms with van der Waals surface area (Å²) in [6.07, 6.45) is 13.6. The summed E-state index contributed by atoms with van der Waals surface area (Å²) in [6, 6.07) is 8.29. The molecule has 1 aliphatic heterocycles. The Hall–Kier alpha value is -1.23. The minimum absolute atomic E-state index is 0.0239. The molecule has 0 amide bonds. The van der Waals surface area contributed by atoms with Gasteiger partial charge in [0.2, 0.25) is 0 Å². The van der Waals surface area contributed by atoms with Crippen molar-refractivity contribution in [2.75, 3.05) is 6.61 Å². The third-order valence-electron chi connectivity index (χ3n) is 5.08. The molecule has 122 valence electrons. The lowest BCUT2D eigenvalue weighted by atomic mass is 9.63. The van der Waals surface area contributed by atoms with Crippen molar-refractivity contribution in [3.05, 3.63) is 75.2 Å². The van der Waals surface area contributed by atoms with Gasteiger partial charge in [-0.1, -0.05) is 80.4 Å². The molecule has 4 rings (SSSR count). The highest BCUT2D eigenvalue weighted by molar-refractivity contribution is 9.12. The zero-order valence-corrected chi connectivity index (χ0v) is 16.0. The van der Waals surface area contributed by atoms with Crippen molar-refractivity contribution in [2.24, 2.45) is 17.3 Å². The van der Waals surface area contributed by atoms with Crippen molar-refractivity contribution in [3.8, 4) is 0 Å². The van der Waals surface area contributed by atoms with Crippen molar-refractivity contribution in [1.82, 2.24) is 0 Å². The van der Waals surface area contributed by atoms with E-state index in [0.717, 1.165) is 20.8 Å². The SMILES string of the molecule is O=CC12C=C(Br)C=CC1C1C=CC=C(c3ccc(Br)cc3)C1OC2. The van der Waals surface area contributed by atoms with Crippen LogP contribution in [-0.2, 0) is 9.53 Å². The lowest BCUT2D eigenvalue weighted by Gasteiger charge is -2.48. The van der Waals surface area contributed by atoms with Gasteiger partial charge in [0.05, 0.1) is 18.1 Å². The Morgan fingerprint density at radius 3 is 2.71 bits per heavy atom. The Labute approximate surface area is 158 Å². The predicted molar refractivity (Wildman–Crippen MR) is 103 cm³/mol. The maximum atomic E-state index is 11.9. The molecule has 1 aromatic rings. The molecule has 2 aliphatic carbocycles. The van der Waals surface area contributed by atoms with E-state index in [-0.39, 0.29) is 17.9 Å². The normalized spacial score (nSPS) is 34.0.